The first-order valence-electron chi connectivity index (χ1n) is 34.4. The molecule has 0 aliphatic heterocycles. The smallest absolute Gasteiger partial charge is 0.144 e. The van der Waals surface area contributed by atoms with E-state index in [-0.39, 0.29) is 5.78 Å². The minimum absolute atomic E-state index is 0.167. The molecule has 0 amide bonds. The van der Waals surface area contributed by atoms with E-state index in [0.29, 0.717) is 0 Å². The van der Waals surface area contributed by atoms with E-state index >= 15 is 0 Å². The number of ketones is 1. The lowest BCUT2D eigenvalue weighted by molar-refractivity contribution is -0.115. The highest BCUT2D eigenvalue weighted by Crippen LogP contribution is 1.84. The van der Waals surface area contributed by atoms with Crippen LogP contribution in [0.3, 0.4) is 0 Å². The molecule has 0 fully saturated rings. The van der Waals surface area contributed by atoms with Gasteiger partial charge in [-0.2, -0.15) is 0 Å². The van der Waals surface area contributed by atoms with Crippen LogP contribution >= 0.6 is 0 Å². The van der Waals surface area contributed by atoms with Crippen LogP contribution in [-0.2, 0) is 14.6 Å². The lowest BCUT2D eigenvalue weighted by Crippen LogP contribution is -1.86. The van der Waals surface area contributed by atoms with Gasteiger partial charge in [-0.25, -0.2) is 8.42 Å². The van der Waals surface area contributed by atoms with Gasteiger partial charge in [0.05, 0.1) is 0 Å². The lowest BCUT2D eigenvalue weighted by Gasteiger charge is -1.69. The summed E-state index contributed by atoms with van der Waals surface area (Å²) in [4.78, 5) is 9.44. The molecule has 0 aromatic heterocycles. The molecule has 8 aromatic rings. The monoisotopic (exact) mass is 1260 g/mol. The first kappa shape index (κ1) is 132. The quantitative estimate of drug-likeness (QED) is 0.152. The van der Waals surface area contributed by atoms with Crippen molar-refractivity contribution in [1.29, 1.82) is 0 Å². The molecule has 0 aliphatic carbocycles. The van der Waals surface area contributed by atoms with Crippen LogP contribution in [0, 0.1) is 0 Å². The molecule has 0 bridgehead atoms. The minimum atomic E-state index is -2.67. The molecular weight excluding hydrogens is 1100 g/mol. The normalized spacial score (nSPS) is 6.34. The van der Waals surface area contributed by atoms with Crippen LogP contribution in [0.5, 0.6) is 0 Å². The number of sulfone groups is 1. The number of carbonyl (C=O) groups is 1. The number of hydrogen-bond donors (Lipinski definition) is 0. The van der Waals surface area contributed by atoms with Gasteiger partial charge in [0.2, 0.25) is 0 Å². The van der Waals surface area contributed by atoms with Crippen LogP contribution in [0.15, 0.2) is 291 Å². The number of Topliss-reactive ketones (excluding diaryl/α,β-unsaturated/α-hetero) is 1. The van der Waals surface area contributed by atoms with Crippen molar-refractivity contribution >= 4 is 15.6 Å². The summed E-state index contributed by atoms with van der Waals surface area (Å²) in [6, 6.07) is 96.0. The Morgan fingerprint density at radius 1 is 0.146 bits per heavy atom. The summed E-state index contributed by atoms with van der Waals surface area (Å²) in [5.41, 5.74) is 0. The van der Waals surface area contributed by atoms with E-state index in [2.05, 4.69) is 0 Å². The van der Waals surface area contributed by atoms with Gasteiger partial charge in [-0.05, 0) is 13.8 Å². The topological polar surface area (TPSA) is 51.2 Å². The van der Waals surface area contributed by atoms with Crippen LogP contribution < -0.4 is 0 Å². The molecule has 0 saturated carbocycles. The maximum Gasteiger partial charge on any atom is 0.144 e. The Morgan fingerprint density at radius 3 is 0.169 bits per heavy atom. The van der Waals surface area contributed by atoms with Gasteiger partial charge >= 0.3 is 0 Å². The summed E-state index contributed by atoms with van der Waals surface area (Å²) in [6.07, 6.45) is 2.32. The average Bonchev–Trinajstić information content (AvgIpc) is 3.68. The molecule has 0 saturated heterocycles. The Kier molecular flexibility index (Phi) is 306. The third-order valence-corrected chi connectivity index (χ3v) is 5.33. The predicted molar refractivity (Wildman–Crippen MR) is 430 cm³/mol. The molecule has 89 heavy (non-hydrogen) atoms. The van der Waals surface area contributed by atoms with Crippen LogP contribution in [0.4, 0.5) is 0 Å². The highest BCUT2D eigenvalue weighted by Gasteiger charge is 1.79. The maximum absolute atomic E-state index is 9.63. The van der Waals surface area contributed by atoms with Gasteiger partial charge in [-0.3, -0.25) is 0 Å². The third-order valence-electron chi connectivity index (χ3n) is 5.33. The Morgan fingerprint density at radius 2 is 0.157 bits per heavy atom. The van der Waals surface area contributed by atoms with Crippen molar-refractivity contribution in [2.75, 3.05) is 12.5 Å². The average molecular weight is 1260 g/mol. The van der Waals surface area contributed by atoms with E-state index in [4.69, 9.17) is 0 Å². The van der Waals surface area contributed by atoms with Crippen molar-refractivity contribution in [2.45, 2.75) is 235 Å². The fraction of sp³-hybridized carbons (Fsp3) is 0.424. The molecule has 0 aliphatic rings. The van der Waals surface area contributed by atoms with Gasteiger partial charge in [0, 0.05) is 12.5 Å². The lowest BCUT2D eigenvalue weighted by atomic mass is 10.4. The fourth-order valence-electron chi connectivity index (χ4n) is 3.08. The molecule has 0 unspecified atom stereocenters. The van der Waals surface area contributed by atoms with Gasteiger partial charge < -0.3 is 4.79 Å². The largest absolute Gasteiger partial charge is 0.300 e. The Labute approximate surface area is 564 Å². The minimum Gasteiger partial charge on any atom is -0.300 e. The molecule has 0 radical (unpaired) electrons. The fourth-order valence-corrected chi connectivity index (χ4v) is 3.08. The van der Waals surface area contributed by atoms with Crippen LogP contribution in [-0.4, -0.2) is 26.7 Å². The molecule has 3 nitrogen and oxygen atoms in total. The molecule has 0 atom stereocenters. The summed E-state index contributed by atoms with van der Waals surface area (Å²) < 4.78 is 19.3. The van der Waals surface area contributed by atoms with E-state index in [0.717, 1.165) is 12.5 Å². The van der Waals surface area contributed by atoms with E-state index in [1.54, 1.807) is 0 Å². The Hall–Kier alpha value is -6.62. The van der Waals surface area contributed by atoms with Crippen molar-refractivity contribution in [1.82, 2.24) is 0 Å². The highest BCUT2D eigenvalue weighted by atomic mass is 32.2. The zero-order chi connectivity index (χ0) is 74.0. The Bertz CT molecular complexity index is 1300. The van der Waals surface area contributed by atoms with Crippen molar-refractivity contribution in [3.05, 3.63) is 291 Å². The van der Waals surface area contributed by atoms with E-state index in [1.165, 1.54) is 13.8 Å². The number of carbonyl (C=O) groups excluding carboxylic acids is 1. The zero-order valence-corrected chi connectivity index (χ0v) is 66.7. The second-order valence-corrected chi connectivity index (χ2v) is 13.6. The molecule has 0 spiro atoms. The number of benzene rings is 8. The first-order valence-corrected chi connectivity index (χ1v) is 36.7. The molecule has 520 valence electrons. The molecule has 4 heteroatoms. The van der Waals surface area contributed by atoms with E-state index in [1.807, 2.05) is 513 Å². The van der Waals surface area contributed by atoms with Gasteiger partial charge in [0.15, 0.2) is 0 Å². The van der Waals surface area contributed by atoms with Crippen molar-refractivity contribution in [2.24, 2.45) is 0 Å². The molecular formula is C85H156O3S. The summed E-state index contributed by atoms with van der Waals surface area (Å²) in [7, 11) is -2.67. The third kappa shape index (κ3) is 299. The molecule has 0 heterocycles. The van der Waals surface area contributed by atoms with Crippen molar-refractivity contribution < 1.29 is 13.2 Å². The summed E-state index contributed by atoms with van der Waals surface area (Å²) >= 11 is 0. The summed E-state index contributed by atoms with van der Waals surface area (Å²) in [6.45, 7) is 67.1. The molecule has 8 rings (SSSR count). The van der Waals surface area contributed by atoms with E-state index in [9.17, 15) is 13.2 Å². The van der Waals surface area contributed by atoms with Crippen LogP contribution in [0.2, 0.25) is 0 Å². The van der Waals surface area contributed by atoms with Gasteiger partial charge in [-0.1, -0.05) is 513 Å². The van der Waals surface area contributed by atoms with Crippen molar-refractivity contribution in [3.63, 3.8) is 0 Å². The van der Waals surface area contributed by atoms with Gasteiger partial charge in [-0.15, -0.1) is 0 Å². The Balaban J connectivity index is -0.0000000375. The SMILES string of the molecule is CC.CC.CC.CC.CC.CC.CC.CC.CC.CC.CC.CC.CC.CC.CC.CC.CC(C)=O.CS(C)(=O)=O.c1ccccc1.c1ccccc1.c1ccccc1.c1ccccc1.c1ccccc1.c1ccccc1.c1ccccc1.c1ccccc1. The molecule has 8 aromatic carbocycles. The first-order chi connectivity index (χ1) is 43.7. The predicted octanol–water partition coefficient (Wildman–Crippen LogP) is 30.2. The van der Waals surface area contributed by atoms with Gasteiger partial charge in [0.25, 0.3) is 0 Å². The summed E-state index contributed by atoms with van der Waals surface area (Å²) in [5, 5.41) is 0. The number of hydrogen-bond acceptors (Lipinski definition) is 3. The zero-order valence-electron chi connectivity index (χ0n) is 65.8. The second kappa shape index (κ2) is 207. The van der Waals surface area contributed by atoms with E-state index < -0.39 is 9.84 Å². The molecule has 0 N–H and O–H groups in total. The summed E-state index contributed by atoms with van der Waals surface area (Å²) in [5.74, 6) is 0.167. The van der Waals surface area contributed by atoms with Crippen molar-refractivity contribution in [3.8, 4) is 0 Å². The number of rotatable bonds is 0. The highest BCUT2D eigenvalue weighted by molar-refractivity contribution is 7.89. The van der Waals surface area contributed by atoms with Crippen LogP contribution in [0.1, 0.15) is 235 Å². The second-order valence-electron chi connectivity index (χ2n) is 11.3. The van der Waals surface area contributed by atoms with Crippen LogP contribution in [0.25, 0.3) is 0 Å². The standard InChI is InChI=1S/8C6H6.C3H6O.C2H6O2S.16C2H6/c8*1-2-4-6-5-3-1;1-3(2)4;1-5(2,3)4;16*1-2/h8*1-6H;1-2H3;1-2H3;16*1-2H3. The van der Waals surface area contributed by atoms with Gasteiger partial charge in [0.1, 0.15) is 15.6 Å². The maximum atomic E-state index is 9.63.